The van der Waals surface area contributed by atoms with Crippen molar-refractivity contribution in [3.63, 3.8) is 0 Å². The number of pyridine rings is 1. The second-order valence-corrected chi connectivity index (χ2v) is 6.33. The number of nitrogens with zero attached hydrogens (tertiary/aromatic N) is 5. The average molecular weight is 336 g/mol. The predicted octanol–water partition coefficient (Wildman–Crippen LogP) is 1.97. The number of carbonyl (C=O) groups excluding carboxylic acids is 1. The quantitative estimate of drug-likeness (QED) is 0.788. The summed E-state index contributed by atoms with van der Waals surface area (Å²) in [4.78, 5) is 27.5. The zero-order valence-electron chi connectivity index (χ0n) is 13.9. The summed E-state index contributed by atoms with van der Waals surface area (Å²) in [5.74, 6) is 0.640. The first-order valence-electron chi connectivity index (χ1n) is 8.50. The van der Waals surface area contributed by atoms with Crippen LogP contribution in [0.5, 0.6) is 0 Å². The van der Waals surface area contributed by atoms with Gasteiger partial charge < -0.3 is 5.32 Å². The highest BCUT2D eigenvalue weighted by Crippen LogP contribution is 2.20. The molecule has 1 atom stereocenters. The number of hydrogen-bond acceptors (Lipinski definition) is 5. The van der Waals surface area contributed by atoms with E-state index in [1.54, 1.807) is 18.6 Å². The summed E-state index contributed by atoms with van der Waals surface area (Å²) >= 11 is 0. The molecule has 3 aromatic heterocycles. The van der Waals surface area contributed by atoms with Gasteiger partial charge in [-0.15, -0.1) is 0 Å². The molecule has 0 spiro atoms. The molecule has 128 valence electrons. The number of imidazole rings is 1. The fourth-order valence-corrected chi connectivity index (χ4v) is 3.32. The zero-order chi connectivity index (χ0) is 17.1. The van der Waals surface area contributed by atoms with Crippen molar-refractivity contribution in [1.29, 1.82) is 0 Å². The summed E-state index contributed by atoms with van der Waals surface area (Å²) in [6, 6.07) is 5.52. The van der Waals surface area contributed by atoms with Crippen LogP contribution in [-0.4, -0.2) is 43.2 Å². The van der Waals surface area contributed by atoms with Gasteiger partial charge in [-0.2, -0.15) is 0 Å². The first-order valence-corrected chi connectivity index (χ1v) is 8.50. The van der Waals surface area contributed by atoms with Gasteiger partial charge in [-0.1, -0.05) is 6.07 Å². The Balaban J connectivity index is 1.41. The van der Waals surface area contributed by atoms with Crippen molar-refractivity contribution in [3.05, 3.63) is 54.9 Å². The van der Waals surface area contributed by atoms with E-state index < -0.39 is 0 Å². The molecule has 3 aromatic rings. The summed E-state index contributed by atoms with van der Waals surface area (Å²) in [5.41, 5.74) is 1.96. The number of fused-ring (bicyclic) bond motifs is 1. The summed E-state index contributed by atoms with van der Waals surface area (Å²) in [6.45, 7) is 2.52. The Morgan fingerprint density at radius 3 is 3.08 bits per heavy atom. The first-order chi connectivity index (χ1) is 12.3. The Kier molecular flexibility index (Phi) is 4.39. The molecule has 4 heterocycles. The minimum atomic E-state index is -0.0170. The molecule has 4 rings (SSSR count). The molecule has 1 fully saturated rings. The molecule has 1 amide bonds. The normalized spacial score (nSPS) is 18.3. The van der Waals surface area contributed by atoms with Crippen molar-refractivity contribution in [2.45, 2.75) is 19.4 Å². The molecule has 0 aromatic carbocycles. The van der Waals surface area contributed by atoms with Gasteiger partial charge in [0.15, 0.2) is 5.65 Å². The predicted molar refractivity (Wildman–Crippen MR) is 93.9 cm³/mol. The highest BCUT2D eigenvalue weighted by molar-refractivity contribution is 5.91. The van der Waals surface area contributed by atoms with Gasteiger partial charge in [0.25, 0.3) is 0 Å². The number of aromatic nitrogens is 4. The lowest BCUT2D eigenvalue weighted by Crippen LogP contribution is -2.40. The Morgan fingerprint density at radius 2 is 2.20 bits per heavy atom. The highest BCUT2D eigenvalue weighted by Gasteiger charge is 2.26. The van der Waals surface area contributed by atoms with Crippen molar-refractivity contribution < 1.29 is 4.79 Å². The maximum atomic E-state index is 12.5. The summed E-state index contributed by atoms with van der Waals surface area (Å²) in [5, 5.41) is 2.92. The monoisotopic (exact) mass is 336 g/mol. The van der Waals surface area contributed by atoms with Crippen molar-refractivity contribution >= 4 is 17.4 Å². The number of hydrogen-bond donors (Lipinski definition) is 1. The number of piperidine rings is 1. The lowest BCUT2D eigenvalue weighted by Gasteiger charge is -2.31. The topological polar surface area (TPSA) is 75.4 Å². The van der Waals surface area contributed by atoms with E-state index in [0.29, 0.717) is 5.82 Å². The van der Waals surface area contributed by atoms with E-state index in [-0.39, 0.29) is 11.8 Å². The van der Waals surface area contributed by atoms with Gasteiger partial charge in [0.1, 0.15) is 5.82 Å². The molecule has 1 saturated heterocycles. The van der Waals surface area contributed by atoms with Crippen LogP contribution >= 0.6 is 0 Å². The van der Waals surface area contributed by atoms with Gasteiger partial charge >= 0.3 is 0 Å². The molecular formula is C18H20N6O. The van der Waals surface area contributed by atoms with Gasteiger partial charge in [0.2, 0.25) is 5.91 Å². The van der Waals surface area contributed by atoms with Crippen molar-refractivity contribution in [1.82, 2.24) is 24.3 Å². The van der Waals surface area contributed by atoms with E-state index in [2.05, 4.69) is 25.2 Å². The fourth-order valence-electron chi connectivity index (χ4n) is 3.32. The summed E-state index contributed by atoms with van der Waals surface area (Å²) in [6.07, 6.45) is 10.9. The van der Waals surface area contributed by atoms with Gasteiger partial charge in [0, 0.05) is 31.7 Å². The van der Waals surface area contributed by atoms with E-state index in [0.717, 1.165) is 43.8 Å². The molecule has 1 N–H and O–H groups in total. The van der Waals surface area contributed by atoms with Crippen molar-refractivity contribution in [2.24, 2.45) is 5.92 Å². The van der Waals surface area contributed by atoms with E-state index in [4.69, 9.17) is 0 Å². The van der Waals surface area contributed by atoms with E-state index >= 15 is 0 Å². The maximum absolute atomic E-state index is 12.5. The third-order valence-electron chi connectivity index (χ3n) is 4.57. The number of anilines is 1. The molecular weight excluding hydrogens is 316 g/mol. The van der Waals surface area contributed by atoms with Crippen LogP contribution in [-0.2, 0) is 11.3 Å². The second-order valence-electron chi connectivity index (χ2n) is 6.33. The molecule has 7 nitrogen and oxygen atoms in total. The third kappa shape index (κ3) is 3.51. The van der Waals surface area contributed by atoms with Gasteiger partial charge in [-0.25, -0.2) is 9.97 Å². The Hall–Kier alpha value is -2.80. The second kappa shape index (κ2) is 6.98. The van der Waals surface area contributed by atoms with E-state index in [1.807, 2.05) is 35.0 Å². The Morgan fingerprint density at radius 1 is 1.24 bits per heavy atom. The average Bonchev–Trinajstić information content (AvgIpc) is 3.06. The molecule has 0 bridgehead atoms. The summed E-state index contributed by atoms with van der Waals surface area (Å²) in [7, 11) is 0. The van der Waals surface area contributed by atoms with Crippen molar-refractivity contribution in [3.8, 4) is 0 Å². The third-order valence-corrected chi connectivity index (χ3v) is 4.57. The smallest absolute Gasteiger partial charge is 0.229 e. The van der Waals surface area contributed by atoms with E-state index in [9.17, 15) is 4.79 Å². The van der Waals surface area contributed by atoms with Crippen molar-refractivity contribution in [2.75, 3.05) is 18.4 Å². The number of carbonyl (C=O) groups is 1. The maximum Gasteiger partial charge on any atom is 0.229 e. The van der Waals surface area contributed by atoms with Crippen LogP contribution in [0.4, 0.5) is 5.82 Å². The molecule has 1 aliphatic rings. The number of nitrogens with one attached hydrogen (secondary N) is 1. The Bertz CT molecular complexity index is 862. The lowest BCUT2D eigenvalue weighted by atomic mass is 9.97. The van der Waals surface area contributed by atoms with E-state index in [1.165, 1.54) is 0 Å². The zero-order valence-corrected chi connectivity index (χ0v) is 13.9. The molecule has 25 heavy (non-hydrogen) atoms. The fraction of sp³-hybridized carbons (Fsp3) is 0.333. The lowest BCUT2D eigenvalue weighted by molar-refractivity contribution is -0.121. The minimum Gasteiger partial charge on any atom is -0.310 e. The molecule has 1 aliphatic heterocycles. The van der Waals surface area contributed by atoms with Crippen LogP contribution in [0.25, 0.3) is 5.65 Å². The number of amides is 1. The molecule has 0 aliphatic carbocycles. The van der Waals surface area contributed by atoms with Gasteiger partial charge in [-0.3, -0.25) is 19.1 Å². The Labute approximate surface area is 145 Å². The molecule has 7 heteroatoms. The molecule has 1 unspecified atom stereocenters. The van der Waals surface area contributed by atoms with Crippen LogP contribution < -0.4 is 5.32 Å². The van der Waals surface area contributed by atoms with Gasteiger partial charge in [-0.05, 0) is 31.5 Å². The number of rotatable bonds is 4. The van der Waals surface area contributed by atoms with Crippen LogP contribution in [0.15, 0.2) is 49.2 Å². The largest absolute Gasteiger partial charge is 0.310 e. The van der Waals surface area contributed by atoms with Crippen LogP contribution in [0.2, 0.25) is 0 Å². The SMILES string of the molecule is O=C(Nc1ccccn1)C1CCCN(Cc2cnc3cnccn23)C1. The number of likely N-dealkylation sites (tertiary alicyclic amines) is 1. The molecule has 0 saturated carbocycles. The summed E-state index contributed by atoms with van der Waals surface area (Å²) < 4.78 is 2.05. The molecule has 0 radical (unpaired) electrons. The first kappa shape index (κ1) is 15.7. The van der Waals surface area contributed by atoms with Crippen LogP contribution in [0.3, 0.4) is 0 Å². The van der Waals surface area contributed by atoms with Crippen LogP contribution in [0, 0.1) is 5.92 Å². The van der Waals surface area contributed by atoms with Crippen LogP contribution in [0.1, 0.15) is 18.5 Å². The van der Waals surface area contributed by atoms with Gasteiger partial charge in [0.05, 0.1) is 24.0 Å². The minimum absolute atomic E-state index is 0.0170. The standard InChI is InChI=1S/C18H20N6O/c25-18(22-16-5-1-2-6-20-16)14-4-3-8-23(12-14)13-15-10-21-17-11-19-7-9-24(15)17/h1-2,5-7,9-11,14H,3-4,8,12-13H2,(H,20,22,25). The highest BCUT2D eigenvalue weighted by atomic mass is 16.2.